The molecule has 2 amide bonds. The first kappa shape index (κ1) is 16.4. The molecule has 0 saturated carbocycles. The van der Waals surface area contributed by atoms with Crippen LogP contribution in [0.2, 0.25) is 0 Å². The van der Waals surface area contributed by atoms with Crippen LogP contribution in [0.1, 0.15) is 20.3 Å². The number of carbonyl (C=O) groups excluding carboxylic acids is 2. The number of aliphatic carboxylic acids is 1. The van der Waals surface area contributed by atoms with Crippen molar-refractivity contribution < 1.29 is 19.5 Å². The number of carboxylic acids is 1. The minimum Gasteiger partial charge on any atom is -0.480 e. The molecule has 3 N–H and O–H groups in total. The smallest absolute Gasteiger partial charge is 0.326 e. The van der Waals surface area contributed by atoms with Crippen molar-refractivity contribution >= 4 is 17.8 Å². The van der Waals surface area contributed by atoms with E-state index in [1.54, 1.807) is 14.1 Å². The zero-order valence-electron chi connectivity index (χ0n) is 11.2. The molecule has 0 aliphatic heterocycles. The largest absolute Gasteiger partial charge is 0.480 e. The SMILES string of the molecule is CC(=O)N(CC[C@H](N)C(=O)N(C)C)[C@@H](C)C(=O)O. The van der Waals surface area contributed by atoms with Gasteiger partial charge in [0.1, 0.15) is 6.04 Å². The van der Waals surface area contributed by atoms with Crippen LogP contribution in [0.5, 0.6) is 0 Å². The van der Waals surface area contributed by atoms with Gasteiger partial charge in [-0.2, -0.15) is 0 Å². The standard InChI is InChI=1S/C11H21N3O4/c1-7(11(17)18)14(8(2)15)6-5-9(12)10(16)13(3)4/h7,9H,5-6,12H2,1-4H3,(H,17,18)/t7-,9-/m0/s1. The number of carboxylic acid groups (broad SMARTS) is 1. The monoisotopic (exact) mass is 259 g/mol. The van der Waals surface area contributed by atoms with Gasteiger partial charge in [-0.05, 0) is 13.3 Å². The lowest BCUT2D eigenvalue weighted by Crippen LogP contribution is -2.46. The number of rotatable bonds is 6. The average Bonchev–Trinajstić information content (AvgIpc) is 2.26. The third-order valence-electron chi connectivity index (χ3n) is 2.67. The lowest BCUT2D eigenvalue weighted by Gasteiger charge is -2.26. The summed E-state index contributed by atoms with van der Waals surface area (Å²) >= 11 is 0. The molecule has 0 aliphatic carbocycles. The zero-order valence-corrected chi connectivity index (χ0v) is 11.2. The summed E-state index contributed by atoms with van der Waals surface area (Å²) in [6.07, 6.45) is 0.230. The lowest BCUT2D eigenvalue weighted by atomic mass is 10.1. The van der Waals surface area contributed by atoms with Crippen LogP contribution in [0.3, 0.4) is 0 Å². The minimum atomic E-state index is -1.09. The van der Waals surface area contributed by atoms with Gasteiger partial charge in [0.25, 0.3) is 0 Å². The molecule has 18 heavy (non-hydrogen) atoms. The van der Waals surface area contributed by atoms with E-state index in [0.717, 1.165) is 0 Å². The highest BCUT2D eigenvalue weighted by molar-refractivity contribution is 5.82. The van der Waals surface area contributed by atoms with Gasteiger partial charge in [0, 0.05) is 27.6 Å². The molecule has 0 aliphatic rings. The minimum absolute atomic E-state index is 0.142. The Balaban J connectivity index is 4.50. The molecule has 0 saturated heterocycles. The van der Waals surface area contributed by atoms with E-state index in [4.69, 9.17) is 10.8 Å². The molecule has 0 aromatic carbocycles. The molecule has 0 spiro atoms. The molecular formula is C11H21N3O4. The Morgan fingerprint density at radius 1 is 1.28 bits per heavy atom. The topological polar surface area (TPSA) is 104 Å². The molecule has 0 fully saturated rings. The summed E-state index contributed by atoms with van der Waals surface area (Å²) in [5.41, 5.74) is 5.67. The van der Waals surface area contributed by atoms with Crippen molar-refractivity contribution in [1.29, 1.82) is 0 Å². The van der Waals surface area contributed by atoms with Crippen LogP contribution in [-0.2, 0) is 14.4 Å². The number of carbonyl (C=O) groups is 3. The first-order valence-electron chi connectivity index (χ1n) is 5.65. The summed E-state index contributed by atoms with van der Waals surface area (Å²) in [4.78, 5) is 36.2. The summed E-state index contributed by atoms with van der Waals surface area (Å²) in [6, 6.07) is -1.66. The van der Waals surface area contributed by atoms with Gasteiger partial charge < -0.3 is 20.6 Å². The van der Waals surface area contributed by atoms with Crippen LogP contribution in [-0.4, -0.2) is 65.4 Å². The maximum atomic E-state index is 11.5. The maximum absolute atomic E-state index is 11.5. The molecule has 7 heteroatoms. The van der Waals surface area contributed by atoms with Crippen LogP contribution in [0.4, 0.5) is 0 Å². The number of nitrogens with two attached hydrogens (primary N) is 1. The fourth-order valence-corrected chi connectivity index (χ4v) is 1.49. The molecule has 0 rings (SSSR count). The van der Waals surface area contributed by atoms with Crippen LogP contribution < -0.4 is 5.73 Å². The summed E-state index contributed by atoms with van der Waals surface area (Å²) in [5.74, 6) is -1.69. The summed E-state index contributed by atoms with van der Waals surface area (Å²) < 4.78 is 0. The van der Waals surface area contributed by atoms with E-state index in [0.29, 0.717) is 0 Å². The molecular weight excluding hydrogens is 238 g/mol. The van der Waals surface area contributed by atoms with E-state index in [2.05, 4.69) is 0 Å². The molecule has 0 radical (unpaired) electrons. The molecule has 0 bridgehead atoms. The molecule has 7 nitrogen and oxygen atoms in total. The zero-order chi connectivity index (χ0) is 14.5. The van der Waals surface area contributed by atoms with Gasteiger partial charge in [-0.15, -0.1) is 0 Å². The molecule has 0 aromatic rings. The Bertz CT molecular complexity index is 330. The van der Waals surface area contributed by atoms with Crippen molar-refractivity contribution in [3.05, 3.63) is 0 Å². The fourth-order valence-electron chi connectivity index (χ4n) is 1.49. The van der Waals surface area contributed by atoms with E-state index >= 15 is 0 Å². The number of hydrogen-bond donors (Lipinski definition) is 2. The van der Waals surface area contributed by atoms with E-state index < -0.39 is 18.1 Å². The quantitative estimate of drug-likeness (QED) is 0.644. The van der Waals surface area contributed by atoms with Gasteiger partial charge in [-0.25, -0.2) is 4.79 Å². The molecule has 104 valence electrons. The Labute approximate surface area is 107 Å². The van der Waals surface area contributed by atoms with E-state index in [9.17, 15) is 14.4 Å². The predicted molar refractivity (Wildman–Crippen MR) is 65.8 cm³/mol. The Morgan fingerprint density at radius 2 is 1.78 bits per heavy atom. The van der Waals surface area contributed by atoms with Crippen LogP contribution in [0.15, 0.2) is 0 Å². The highest BCUT2D eigenvalue weighted by Crippen LogP contribution is 2.04. The number of amides is 2. The van der Waals surface area contributed by atoms with E-state index in [1.807, 2.05) is 0 Å². The third kappa shape index (κ3) is 4.70. The van der Waals surface area contributed by atoms with Crippen molar-refractivity contribution in [3.63, 3.8) is 0 Å². The van der Waals surface area contributed by atoms with Gasteiger partial charge in [0.05, 0.1) is 6.04 Å². The van der Waals surface area contributed by atoms with Gasteiger partial charge in [-0.3, -0.25) is 9.59 Å². The van der Waals surface area contributed by atoms with Crippen molar-refractivity contribution in [2.24, 2.45) is 5.73 Å². The highest BCUT2D eigenvalue weighted by Gasteiger charge is 2.24. The lowest BCUT2D eigenvalue weighted by molar-refractivity contribution is -0.148. The average molecular weight is 259 g/mol. The fraction of sp³-hybridized carbons (Fsp3) is 0.727. The molecule has 0 heterocycles. The van der Waals surface area contributed by atoms with Gasteiger partial charge >= 0.3 is 5.97 Å². The van der Waals surface area contributed by atoms with E-state index in [1.165, 1.54) is 23.6 Å². The van der Waals surface area contributed by atoms with Crippen molar-refractivity contribution in [2.45, 2.75) is 32.4 Å². The van der Waals surface area contributed by atoms with Gasteiger partial charge in [0.15, 0.2) is 0 Å². The van der Waals surface area contributed by atoms with Gasteiger partial charge in [0.2, 0.25) is 11.8 Å². The third-order valence-corrected chi connectivity index (χ3v) is 2.67. The van der Waals surface area contributed by atoms with Crippen LogP contribution in [0, 0.1) is 0 Å². The second-order valence-corrected chi connectivity index (χ2v) is 4.35. The van der Waals surface area contributed by atoms with Crippen LogP contribution >= 0.6 is 0 Å². The summed E-state index contributed by atoms with van der Waals surface area (Å²) in [6.45, 7) is 2.85. The van der Waals surface area contributed by atoms with Crippen molar-refractivity contribution in [3.8, 4) is 0 Å². The second kappa shape index (κ2) is 6.95. The van der Waals surface area contributed by atoms with E-state index in [-0.39, 0.29) is 24.8 Å². The van der Waals surface area contributed by atoms with Gasteiger partial charge in [-0.1, -0.05) is 0 Å². The predicted octanol–water partition coefficient (Wildman–Crippen LogP) is -0.886. The molecule has 2 atom stereocenters. The van der Waals surface area contributed by atoms with Crippen LogP contribution in [0.25, 0.3) is 0 Å². The number of nitrogens with zero attached hydrogens (tertiary/aromatic N) is 2. The first-order chi connectivity index (χ1) is 8.18. The second-order valence-electron chi connectivity index (χ2n) is 4.35. The molecule has 0 aromatic heterocycles. The maximum Gasteiger partial charge on any atom is 0.326 e. The van der Waals surface area contributed by atoms with Crippen molar-refractivity contribution in [1.82, 2.24) is 9.80 Å². The summed E-state index contributed by atoms with van der Waals surface area (Å²) in [5, 5.41) is 8.86. The highest BCUT2D eigenvalue weighted by atomic mass is 16.4. The van der Waals surface area contributed by atoms with Crippen molar-refractivity contribution in [2.75, 3.05) is 20.6 Å². The Kier molecular flexibility index (Phi) is 6.32. The number of hydrogen-bond acceptors (Lipinski definition) is 4. The normalized spacial score (nSPS) is 13.6. The first-order valence-corrected chi connectivity index (χ1v) is 5.65. The Morgan fingerprint density at radius 3 is 2.11 bits per heavy atom. The molecule has 0 unspecified atom stereocenters. The Hall–Kier alpha value is -1.63. The number of likely N-dealkylation sites (N-methyl/N-ethyl adjacent to an activating group) is 1. The summed E-state index contributed by atoms with van der Waals surface area (Å²) in [7, 11) is 3.18.